The van der Waals surface area contributed by atoms with Crippen molar-refractivity contribution in [2.24, 2.45) is 0 Å². The van der Waals surface area contributed by atoms with Crippen molar-refractivity contribution in [1.82, 2.24) is 0 Å². The number of carbonyl (C=O) groups excluding carboxylic acids is 3. The van der Waals surface area contributed by atoms with E-state index in [0.29, 0.717) is 6.21 Å². The lowest BCUT2D eigenvalue weighted by atomic mass is 10.2. The Kier molecular flexibility index (Phi) is 2.87. The van der Waals surface area contributed by atoms with Crippen LogP contribution in [0.15, 0.2) is 0 Å². The van der Waals surface area contributed by atoms with Crippen LogP contribution in [0.1, 0.15) is 6.92 Å². The van der Waals surface area contributed by atoms with Crippen LogP contribution in [0.25, 0.3) is 5.53 Å². The van der Waals surface area contributed by atoms with E-state index in [1.807, 2.05) is 0 Å². The predicted octanol–water partition coefficient (Wildman–Crippen LogP) is -0.986. The fraction of sp³-hybridized carbons (Fsp3) is 0.200. The van der Waals surface area contributed by atoms with Crippen LogP contribution in [0.4, 0.5) is 0 Å². The minimum absolute atomic E-state index is 0.379. The van der Waals surface area contributed by atoms with Crippen molar-refractivity contribution in [1.29, 1.82) is 0 Å². The van der Waals surface area contributed by atoms with Crippen molar-refractivity contribution >= 4 is 23.6 Å². The standard InChI is InChI=1S/C5H4N2O3/c1-3(8)5(10)4(9)2-7-6/h2H,1H3. The van der Waals surface area contributed by atoms with Crippen LogP contribution in [-0.4, -0.2) is 28.4 Å². The zero-order chi connectivity index (χ0) is 8.15. The molecule has 0 saturated heterocycles. The van der Waals surface area contributed by atoms with E-state index in [1.54, 1.807) is 0 Å². The molecule has 0 rings (SSSR count). The van der Waals surface area contributed by atoms with Gasteiger partial charge in [0.15, 0.2) is 0 Å². The van der Waals surface area contributed by atoms with Crippen molar-refractivity contribution in [3.63, 3.8) is 0 Å². The molecule has 0 N–H and O–H groups in total. The summed E-state index contributed by atoms with van der Waals surface area (Å²) < 4.78 is 0. The molecule has 0 aromatic heterocycles. The van der Waals surface area contributed by atoms with Gasteiger partial charge in [0, 0.05) is 6.92 Å². The average molecular weight is 140 g/mol. The van der Waals surface area contributed by atoms with Crippen molar-refractivity contribution in [2.45, 2.75) is 6.92 Å². The molecule has 0 unspecified atom stereocenters. The van der Waals surface area contributed by atoms with Crippen LogP contribution >= 0.6 is 0 Å². The lowest BCUT2D eigenvalue weighted by Gasteiger charge is -1.79. The van der Waals surface area contributed by atoms with E-state index in [0.717, 1.165) is 6.92 Å². The molecule has 0 amide bonds. The van der Waals surface area contributed by atoms with Crippen molar-refractivity contribution in [3.8, 4) is 0 Å². The van der Waals surface area contributed by atoms with E-state index >= 15 is 0 Å². The van der Waals surface area contributed by atoms with Crippen LogP contribution in [0.3, 0.4) is 0 Å². The Morgan fingerprint density at radius 3 is 2.20 bits per heavy atom. The van der Waals surface area contributed by atoms with Crippen LogP contribution in [0.5, 0.6) is 0 Å². The minimum atomic E-state index is -1.18. The number of nitrogens with zero attached hydrogens (tertiary/aromatic N) is 2. The normalized spacial score (nSPS) is 7.70. The second kappa shape index (κ2) is 3.42. The summed E-state index contributed by atoms with van der Waals surface area (Å²) in [5.41, 5.74) is 7.75. The molecule has 5 nitrogen and oxygen atoms in total. The fourth-order valence-electron chi connectivity index (χ4n) is 0.285. The third kappa shape index (κ3) is 2.11. The summed E-state index contributed by atoms with van der Waals surface area (Å²) >= 11 is 0. The molecule has 0 fully saturated rings. The van der Waals surface area contributed by atoms with Gasteiger partial charge in [-0.25, -0.2) is 0 Å². The summed E-state index contributed by atoms with van der Waals surface area (Å²) in [5.74, 6) is -3.17. The monoisotopic (exact) mass is 140 g/mol. The lowest BCUT2D eigenvalue weighted by molar-refractivity contribution is -0.141. The van der Waals surface area contributed by atoms with Gasteiger partial charge >= 0.3 is 12.0 Å². The first-order valence-corrected chi connectivity index (χ1v) is 2.36. The maximum absolute atomic E-state index is 10.3. The molecule has 0 aromatic carbocycles. The maximum Gasteiger partial charge on any atom is 0.331 e. The highest BCUT2D eigenvalue weighted by molar-refractivity contribution is 6.74. The van der Waals surface area contributed by atoms with Gasteiger partial charge in [-0.2, -0.15) is 4.79 Å². The van der Waals surface area contributed by atoms with Gasteiger partial charge in [0.1, 0.15) is 0 Å². The van der Waals surface area contributed by atoms with Crippen molar-refractivity contribution in [2.75, 3.05) is 0 Å². The zero-order valence-electron chi connectivity index (χ0n) is 5.20. The fourth-order valence-corrected chi connectivity index (χ4v) is 0.285. The highest BCUT2D eigenvalue weighted by Crippen LogP contribution is 1.74. The molecular formula is C5H4N2O3. The van der Waals surface area contributed by atoms with E-state index in [-0.39, 0.29) is 0 Å². The van der Waals surface area contributed by atoms with Gasteiger partial charge in [0.2, 0.25) is 5.78 Å². The molecular weight excluding hydrogens is 136 g/mol. The maximum atomic E-state index is 10.3. The molecule has 52 valence electrons. The topological polar surface area (TPSA) is 87.6 Å². The molecule has 0 aromatic rings. The van der Waals surface area contributed by atoms with Gasteiger partial charge in [-0.05, 0) is 0 Å². The van der Waals surface area contributed by atoms with Gasteiger partial charge in [0.05, 0.1) is 0 Å². The Labute approximate surface area is 56.3 Å². The average Bonchev–Trinajstić information content (AvgIpc) is 1.87. The van der Waals surface area contributed by atoms with E-state index in [9.17, 15) is 14.4 Å². The number of hydrogen-bond acceptors (Lipinski definition) is 3. The molecule has 0 aliphatic carbocycles. The van der Waals surface area contributed by atoms with Gasteiger partial charge in [-0.3, -0.25) is 14.4 Å². The Bertz CT molecular complexity index is 225. The van der Waals surface area contributed by atoms with Gasteiger partial charge < -0.3 is 5.53 Å². The van der Waals surface area contributed by atoms with E-state index < -0.39 is 17.3 Å². The SMILES string of the molecule is CC(=O)C(=O)C(=O)C=[N+]=[N-]. The first kappa shape index (κ1) is 8.39. The smallest absolute Gasteiger partial charge is 0.331 e. The number of Topliss-reactive ketones (excluding diaryl/α,β-unsaturated/α-hetero) is 3. The molecule has 5 heteroatoms. The first-order chi connectivity index (χ1) is 4.59. The molecule has 0 atom stereocenters. The Morgan fingerprint density at radius 1 is 1.40 bits per heavy atom. The largest absolute Gasteiger partial charge is 0.361 e. The molecule has 0 radical (unpaired) electrons. The molecule has 0 bridgehead atoms. The van der Waals surface area contributed by atoms with Crippen LogP contribution in [0.2, 0.25) is 0 Å². The second-order valence-corrected chi connectivity index (χ2v) is 1.49. The quantitative estimate of drug-likeness (QED) is 0.166. The van der Waals surface area contributed by atoms with Crippen molar-refractivity contribution < 1.29 is 19.2 Å². The predicted molar refractivity (Wildman–Crippen MR) is 30.4 cm³/mol. The summed E-state index contributed by atoms with van der Waals surface area (Å²) in [6, 6.07) is 0. The van der Waals surface area contributed by atoms with Gasteiger partial charge in [0.25, 0.3) is 5.78 Å². The van der Waals surface area contributed by atoms with E-state index in [1.165, 1.54) is 0 Å². The minimum Gasteiger partial charge on any atom is -0.361 e. The highest BCUT2D eigenvalue weighted by Gasteiger charge is 2.19. The Balaban J connectivity index is 4.38. The summed E-state index contributed by atoms with van der Waals surface area (Å²) in [6.07, 6.45) is 0.379. The number of ketones is 3. The van der Waals surface area contributed by atoms with Gasteiger partial charge in [-0.1, -0.05) is 0 Å². The number of hydrogen-bond donors (Lipinski definition) is 0. The first-order valence-electron chi connectivity index (χ1n) is 2.36. The summed E-state index contributed by atoms with van der Waals surface area (Å²) in [4.78, 5) is 33.1. The van der Waals surface area contributed by atoms with Gasteiger partial charge in [-0.15, -0.1) is 0 Å². The molecule has 0 aliphatic heterocycles. The lowest BCUT2D eigenvalue weighted by Crippen LogP contribution is -2.22. The Morgan fingerprint density at radius 2 is 1.90 bits per heavy atom. The molecule has 0 aliphatic rings. The number of rotatable bonds is 3. The molecule has 10 heavy (non-hydrogen) atoms. The summed E-state index contributed by atoms with van der Waals surface area (Å²) in [7, 11) is 0. The van der Waals surface area contributed by atoms with Crippen LogP contribution in [0, 0.1) is 0 Å². The second-order valence-electron chi connectivity index (χ2n) is 1.49. The molecule has 0 spiro atoms. The number of carbonyl (C=O) groups is 3. The Hall–Kier alpha value is -1.61. The zero-order valence-corrected chi connectivity index (χ0v) is 5.20. The van der Waals surface area contributed by atoms with E-state index in [4.69, 9.17) is 5.53 Å². The molecule has 0 heterocycles. The molecule has 0 saturated carbocycles. The summed E-state index contributed by atoms with van der Waals surface area (Å²) in [5, 5.41) is 0. The highest BCUT2D eigenvalue weighted by atomic mass is 16.2. The third-order valence-corrected chi connectivity index (χ3v) is 0.719. The van der Waals surface area contributed by atoms with Crippen LogP contribution in [-0.2, 0) is 14.4 Å². The summed E-state index contributed by atoms with van der Waals surface area (Å²) in [6.45, 7) is 0.964. The third-order valence-electron chi connectivity index (χ3n) is 0.719. The van der Waals surface area contributed by atoms with Crippen LogP contribution < -0.4 is 0 Å². The van der Waals surface area contributed by atoms with E-state index in [2.05, 4.69) is 4.79 Å². The van der Waals surface area contributed by atoms with Crippen molar-refractivity contribution in [3.05, 3.63) is 5.53 Å².